The lowest BCUT2D eigenvalue weighted by molar-refractivity contribution is 0.551. The Morgan fingerprint density at radius 3 is 3.17 bits per heavy atom. The molecule has 0 bridgehead atoms. The predicted octanol–water partition coefficient (Wildman–Crippen LogP) is 2.47. The minimum Gasteiger partial charge on any atom is -0.353 e. The zero-order chi connectivity index (χ0) is 15.6. The third-order valence-electron chi connectivity index (χ3n) is 4.37. The number of para-hydroxylation sites is 1. The smallest absolute Gasteiger partial charge is 0.165 e. The summed E-state index contributed by atoms with van der Waals surface area (Å²) in [6.07, 6.45) is 4.45. The van der Waals surface area contributed by atoms with Crippen LogP contribution in [0.3, 0.4) is 0 Å². The van der Waals surface area contributed by atoms with Gasteiger partial charge < -0.3 is 10.2 Å². The number of aromatic nitrogens is 3. The number of nitrogens with zero attached hydrogens (tertiary/aromatic N) is 3. The van der Waals surface area contributed by atoms with Crippen molar-refractivity contribution in [3.63, 3.8) is 0 Å². The highest BCUT2D eigenvalue weighted by molar-refractivity contribution is 5.81. The largest absolute Gasteiger partial charge is 0.353 e. The van der Waals surface area contributed by atoms with E-state index < -0.39 is 0 Å². The van der Waals surface area contributed by atoms with Gasteiger partial charge in [0.2, 0.25) is 0 Å². The second-order valence-electron chi connectivity index (χ2n) is 5.87. The molecule has 118 valence electrons. The van der Waals surface area contributed by atoms with Crippen LogP contribution in [0.25, 0.3) is 10.9 Å². The Morgan fingerprint density at radius 2 is 2.26 bits per heavy atom. The molecule has 1 saturated heterocycles. The Bertz CT molecular complexity index is 815. The standard InChI is InChI=1S/C17H18FN5/c18-15-5-2-7-19-17(15)23-8-6-14(11-23)20-9-12-3-1-4-13-10-21-22-16(12)13/h1-5,7,10,14,20H,6,8-9,11H2,(H,21,22)/t14-/m1/s1. The van der Waals surface area contributed by atoms with E-state index in [1.807, 2.05) is 23.2 Å². The van der Waals surface area contributed by atoms with Crippen LogP contribution in [-0.4, -0.2) is 34.3 Å². The van der Waals surface area contributed by atoms with Gasteiger partial charge in [0.15, 0.2) is 11.6 Å². The number of rotatable bonds is 4. The molecule has 6 heteroatoms. The predicted molar refractivity (Wildman–Crippen MR) is 87.7 cm³/mol. The maximum absolute atomic E-state index is 13.8. The molecule has 1 atom stereocenters. The molecule has 1 aliphatic heterocycles. The number of pyridine rings is 1. The van der Waals surface area contributed by atoms with Gasteiger partial charge in [0.25, 0.3) is 0 Å². The van der Waals surface area contributed by atoms with Gasteiger partial charge in [0.05, 0.1) is 11.7 Å². The molecule has 1 aromatic carbocycles. The monoisotopic (exact) mass is 311 g/mol. The first-order chi connectivity index (χ1) is 11.3. The molecule has 0 spiro atoms. The molecule has 0 radical (unpaired) electrons. The van der Waals surface area contributed by atoms with Gasteiger partial charge in [-0.1, -0.05) is 18.2 Å². The lowest BCUT2D eigenvalue weighted by Gasteiger charge is -2.18. The van der Waals surface area contributed by atoms with Crippen molar-refractivity contribution < 1.29 is 4.39 Å². The lowest BCUT2D eigenvalue weighted by atomic mass is 10.1. The molecule has 1 aliphatic rings. The van der Waals surface area contributed by atoms with Crippen molar-refractivity contribution in [3.8, 4) is 0 Å². The van der Waals surface area contributed by atoms with Gasteiger partial charge in [0.1, 0.15) is 0 Å². The number of hydrogen-bond acceptors (Lipinski definition) is 4. The van der Waals surface area contributed by atoms with Gasteiger partial charge in [-0.3, -0.25) is 5.10 Å². The number of fused-ring (bicyclic) bond motifs is 1. The van der Waals surface area contributed by atoms with Crippen molar-refractivity contribution in [2.45, 2.75) is 19.0 Å². The van der Waals surface area contributed by atoms with Crippen LogP contribution in [0.4, 0.5) is 10.2 Å². The number of nitrogens with one attached hydrogen (secondary N) is 2. The molecule has 2 N–H and O–H groups in total. The average molecular weight is 311 g/mol. The number of anilines is 1. The molecule has 4 rings (SSSR count). The third kappa shape index (κ3) is 2.77. The van der Waals surface area contributed by atoms with Crippen LogP contribution in [0.15, 0.2) is 42.7 Å². The first-order valence-electron chi connectivity index (χ1n) is 7.81. The molecule has 0 amide bonds. The van der Waals surface area contributed by atoms with Gasteiger partial charge in [-0.25, -0.2) is 9.37 Å². The van der Waals surface area contributed by atoms with Crippen molar-refractivity contribution in [2.75, 3.05) is 18.0 Å². The summed E-state index contributed by atoms with van der Waals surface area (Å²) in [6.45, 7) is 2.36. The van der Waals surface area contributed by atoms with Crippen LogP contribution in [0.1, 0.15) is 12.0 Å². The van der Waals surface area contributed by atoms with E-state index in [9.17, 15) is 4.39 Å². The molecule has 2 aromatic heterocycles. The number of halogens is 1. The van der Waals surface area contributed by atoms with E-state index in [4.69, 9.17) is 0 Å². The van der Waals surface area contributed by atoms with Crippen LogP contribution in [0.2, 0.25) is 0 Å². The van der Waals surface area contributed by atoms with Crippen LogP contribution >= 0.6 is 0 Å². The van der Waals surface area contributed by atoms with E-state index in [0.717, 1.165) is 37.0 Å². The molecule has 23 heavy (non-hydrogen) atoms. The molecule has 3 heterocycles. The Morgan fingerprint density at radius 1 is 1.30 bits per heavy atom. The Balaban J connectivity index is 1.41. The maximum Gasteiger partial charge on any atom is 0.165 e. The van der Waals surface area contributed by atoms with Crippen molar-refractivity contribution in [1.29, 1.82) is 0 Å². The molecule has 0 saturated carbocycles. The van der Waals surface area contributed by atoms with Gasteiger partial charge in [-0.2, -0.15) is 5.10 Å². The molecular weight excluding hydrogens is 293 g/mol. The van der Waals surface area contributed by atoms with E-state index in [2.05, 4.69) is 26.6 Å². The molecule has 3 aromatic rings. The third-order valence-corrected chi connectivity index (χ3v) is 4.37. The number of hydrogen-bond donors (Lipinski definition) is 2. The van der Waals surface area contributed by atoms with Gasteiger partial charge in [-0.15, -0.1) is 0 Å². The van der Waals surface area contributed by atoms with E-state index in [0.29, 0.717) is 11.9 Å². The van der Waals surface area contributed by atoms with Crippen LogP contribution in [0, 0.1) is 5.82 Å². The summed E-state index contributed by atoms with van der Waals surface area (Å²) < 4.78 is 13.8. The van der Waals surface area contributed by atoms with Crippen LogP contribution in [-0.2, 0) is 6.54 Å². The minimum absolute atomic E-state index is 0.254. The topological polar surface area (TPSA) is 56.8 Å². The van der Waals surface area contributed by atoms with E-state index in [1.54, 1.807) is 12.3 Å². The quantitative estimate of drug-likeness (QED) is 0.777. The number of benzene rings is 1. The normalized spacial score (nSPS) is 18.0. The van der Waals surface area contributed by atoms with Gasteiger partial charge in [0, 0.05) is 37.3 Å². The molecule has 1 fully saturated rings. The van der Waals surface area contributed by atoms with E-state index in [1.165, 1.54) is 11.6 Å². The van der Waals surface area contributed by atoms with Crippen molar-refractivity contribution in [2.24, 2.45) is 0 Å². The first kappa shape index (κ1) is 14.1. The van der Waals surface area contributed by atoms with Crippen LogP contribution < -0.4 is 10.2 Å². The highest BCUT2D eigenvalue weighted by Crippen LogP contribution is 2.21. The minimum atomic E-state index is -0.254. The average Bonchev–Trinajstić information content (AvgIpc) is 3.22. The second-order valence-corrected chi connectivity index (χ2v) is 5.87. The molecular formula is C17H18FN5. The number of H-pyrrole nitrogens is 1. The summed E-state index contributed by atoms with van der Waals surface area (Å²) in [4.78, 5) is 6.16. The van der Waals surface area contributed by atoms with E-state index >= 15 is 0 Å². The summed E-state index contributed by atoms with van der Waals surface area (Å²) in [7, 11) is 0. The zero-order valence-electron chi connectivity index (χ0n) is 12.7. The maximum atomic E-state index is 13.8. The van der Waals surface area contributed by atoms with Crippen molar-refractivity contribution >= 4 is 16.7 Å². The zero-order valence-corrected chi connectivity index (χ0v) is 12.7. The lowest BCUT2D eigenvalue weighted by Crippen LogP contribution is -2.32. The van der Waals surface area contributed by atoms with Crippen molar-refractivity contribution in [1.82, 2.24) is 20.5 Å². The molecule has 0 unspecified atom stereocenters. The Kier molecular flexibility index (Phi) is 3.67. The Labute approximate surface area is 133 Å². The second kappa shape index (κ2) is 5.96. The fraction of sp³-hybridized carbons (Fsp3) is 0.294. The van der Waals surface area contributed by atoms with Crippen molar-refractivity contribution in [3.05, 3.63) is 54.1 Å². The van der Waals surface area contributed by atoms with Gasteiger partial charge >= 0.3 is 0 Å². The fourth-order valence-corrected chi connectivity index (χ4v) is 3.16. The number of aromatic amines is 1. The summed E-state index contributed by atoms with van der Waals surface area (Å²) in [6, 6.07) is 9.59. The molecule has 0 aliphatic carbocycles. The summed E-state index contributed by atoms with van der Waals surface area (Å²) in [5, 5.41) is 11.8. The highest BCUT2D eigenvalue weighted by atomic mass is 19.1. The van der Waals surface area contributed by atoms with Gasteiger partial charge in [-0.05, 0) is 24.1 Å². The Hall–Kier alpha value is -2.47. The van der Waals surface area contributed by atoms with E-state index in [-0.39, 0.29) is 5.82 Å². The summed E-state index contributed by atoms with van der Waals surface area (Å²) in [5.41, 5.74) is 2.27. The first-order valence-corrected chi connectivity index (χ1v) is 7.81. The van der Waals surface area contributed by atoms with Crippen LogP contribution in [0.5, 0.6) is 0 Å². The summed E-state index contributed by atoms with van der Waals surface area (Å²) >= 11 is 0. The fourth-order valence-electron chi connectivity index (χ4n) is 3.16. The summed E-state index contributed by atoms with van der Waals surface area (Å²) in [5.74, 6) is 0.197. The SMILES string of the molecule is Fc1cccnc1N1CC[C@@H](NCc2cccc3cn[nH]c23)C1. The molecule has 5 nitrogen and oxygen atoms in total. The highest BCUT2D eigenvalue weighted by Gasteiger charge is 2.24.